The number of rotatable bonds is 6. The third-order valence-electron chi connectivity index (χ3n) is 4.34. The standard InChI is InChI=1S/C19H20F4N4O.C2HF3O2/c1-11(24)9-25-18-14-7-6-12(8-16(14)27(2)26-18)13-4-3-5-15(20)17(13)28-10-19(21,22)23;3-2(4,5)1(6)7/h3-8,11H,9-10,24H2,1-2H3,(H,25,26);(H,6,7). The first-order chi connectivity index (χ1) is 16.1. The molecule has 0 aliphatic rings. The van der Waals surface area contributed by atoms with Gasteiger partial charge in [-0.2, -0.15) is 31.4 Å². The monoisotopic (exact) mass is 510 g/mol. The number of fused-ring (bicyclic) bond motifs is 1. The van der Waals surface area contributed by atoms with Crippen molar-refractivity contribution in [3.8, 4) is 16.9 Å². The topological polar surface area (TPSA) is 102 Å². The van der Waals surface area contributed by atoms with Gasteiger partial charge in [0.05, 0.1) is 5.52 Å². The molecule has 192 valence electrons. The van der Waals surface area contributed by atoms with E-state index in [0.717, 1.165) is 17.0 Å². The summed E-state index contributed by atoms with van der Waals surface area (Å²) in [6, 6.07) is 9.14. The van der Waals surface area contributed by atoms with Crippen molar-refractivity contribution in [2.45, 2.75) is 25.3 Å². The van der Waals surface area contributed by atoms with Crippen LogP contribution in [0.1, 0.15) is 6.92 Å². The minimum atomic E-state index is -5.08. The van der Waals surface area contributed by atoms with Crippen molar-refractivity contribution < 1.29 is 45.4 Å². The predicted molar refractivity (Wildman–Crippen MR) is 113 cm³/mol. The fourth-order valence-electron chi connectivity index (χ4n) is 2.85. The van der Waals surface area contributed by atoms with Gasteiger partial charge in [0.25, 0.3) is 0 Å². The molecule has 1 atom stereocenters. The van der Waals surface area contributed by atoms with Crippen LogP contribution in [-0.4, -0.2) is 52.4 Å². The highest BCUT2D eigenvalue weighted by molar-refractivity contribution is 5.93. The minimum Gasteiger partial charge on any atom is -0.480 e. The van der Waals surface area contributed by atoms with Gasteiger partial charge in [0.1, 0.15) is 0 Å². The van der Waals surface area contributed by atoms with Crippen LogP contribution in [0.3, 0.4) is 0 Å². The molecule has 0 saturated heterocycles. The van der Waals surface area contributed by atoms with Crippen LogP contribution in [-0.2, 0) is 11.8 Å². The maximum absolute atomic E-state index is 14.2. The number of aromatic nitrogens is 2. The maximum atomic E-state index is 14.2. The van der Waals surface area contributed by atoms with E-state index in [-0.39, 0.29) is 11.6 Å². The lowest BCUT2D eigenvalue weighted by Gasteiger charge is -2.14. The molecule has 0 aliphatic carbocycles. The number of nitrogens with zero attached hydrogens (tertiary/aromatic N) is 2. The van der Waals surface area contributed by atoms with Gasteiger partial charge in [-0.3, -0.25) is 4.68 Å². The van der Waals surface area contributed by atoms with E-state index < -0.39 is 36.5 Å². The number of hydrogen-bond acceptors (Lipinski definition) is 5. The number of alkyl halides is 6. The number of nitrogens with two attached hydrogens (primary N) is 1. The van der Waals surface area contributed by atoms with E-state index in [0.29, 0.717) is 17.9 Å². The lowest BCUT2D eigenvalue weighted by molar-refractivity contribution is -0.192. The van der Waals surface area contributed by atoms with Gasteiger partial charge >= 0.3 is 18.3 Å². The largest absolute Gasteiger partial charge is 0.490 e. The molecule has 7 nitrogen and oxygen atoms in total. The zero-order valence-corrected chi connectivity index (χ0v) is 18.3. The zero-order chi connectivity index (χ0) is 26.6. The SMILES string of the molecule is CC(N)CNc1nn(C)c2cc(-c3cccc(F)c3OCC(F)(F)F)ccc12.O=C(O)C(F)(F)F. The first-order valence-corrected chi connectivity index (χ1v) is 9.85. The first kappa shape index (κ1) is 27.7. The lowest BCUT2D eigenvalue weighted by Crippen LogP contribution is -2.25. The maximum Gasteiger partial charge on any atom is 0.490 e. The molecular weight excluding hydrogens is 489 g/mol. The van der Waals surface area contributed by atoms with Crippen molar-refractivity contribution in [2.24, 2.45) is 12.8 Å². The average molecular weight is 510 g/mol. The highest BCUT2D eigenvalue weighted by atomic mass is 19.4. The number of halogens is 7. The molecule has 0 radical (unpaired) electrons. The van der Waals surface area contributed by atoms with Crippen molar-refractivity contribution in [3.63, 3.8) is 0 Å². The van der Waals surface area contributed by atoms with Gasteiger partial charge in [-0.25, -0.2) is 9.18 Å². The van der Waals surface area contributed by atoms with E-state index >= 15 is 0 Å². The predicted octanol–water partition coefficient (Wildman–Crippen LogP) is 4.71. The summed E-state index contributed by atoms with van der Waals surface area (Å²) in [4.78, 5) is 8.90. The van der Waals surface area contributed by atoms with E-state index in [2.05, 4.69) is 10.4 Å². The van der Waals surface area contributed by atoms with Crippen LogP contribution >= 0.6 is 0 Å². The smallest absolute Gasteiger partial charge is 0.480 e. The number of benzene rings is 2. The van der Waals surface area contributed by atoms with Gasteiger partial charge in [0.2, 0.25) is 0 Å². The molecule has 1 aromatic heterocycles. The average Bonchev–Trinajstić information content (AvgIpc) is 3.05. The quantitative estimate of drug-likeness (QED) is 0.415. The summed E-state index contributed by atoms with van der Waals surface area (Å²) in [7, 11) is 1.75. The summed E-state index contributed by atoms with van der Waals surface area (Å²) < 4.78 is 89.9. The van der Waals surface area contributed by atoms with Gasteiger partial charge in [-0.05, 0) is 30.7 Å². The van der Waals surface area contributed by atoms with E-state index in [9.17, 15) is 30.7 Å². The normalized spacial score (nSPS) is 12.6. The Hall–Kier alpha value is -3.55. The summed E-state index contributed by atoms with van der Waals surface area (Å²) in [6.07, 6.45) is -9.65. The molecule has 0 bridgehead atoms. The molecule has 1 unspecified atom stereocenters. The van der Waals surface area contributed by atoms with E-state index in [1.54, 1.807) is 29.9 Å². The Bertz CT molecular complexity index is 1170. The summed E-state index contributed by atoms with van der Waals surface area (Å²) in [5.41, 5.74) is 7.24. The Labute approximate surface area is 194 Å². The first-order valence-electron chi connectivity index (χ1n) is 9.85. The molecule has 0 spiro atoms. The number of hydrogen-bond donors (Lipinski definition) is 3. The number of anilines is 1. The fourth-order valence-corrected chi connectivity index (χ4v) is 2.85. The summed E-state index contributed by atoms with van der Waals surface area (Å²) in [5.74, 6) is -3.40. The van der Waals surface area contributed by atoms with Crippen molar-refractivity contribution in [3.05, 3.63) is 42.2 Å². The van der Waals surface area contributed by atoms with Crippen LogP contribution in [0.4, 0.5) is 36.6 Å². The van der Waals surface area contributed by atoms with Crippen LogP contribution < -0.4 is 15.8 Å². The molecule has 14 heteroatoms. The van der Waals surface area contributed by atoms with Crippen LogP contribution in [0.2, 0.25) is 0 Å². The van der Waals surface area contributed by atoms with Gasteiger partial charge in [0.15, 0.2) is 24.0 Å². The third-order valence-corrected chi connectivity index (χ3v) is 4.34. The second kappa shape index (κ2) is 10.8. The number of carbonyl (C=O) groups is 1. The van der Waals surface area contributed by atoms with Crippen molar-refractivity contribution in [1.29, 1.82) is 0 Å². The second-order valence-electron chi connectivity index (χ2n) is 7.39. The Morgan fingerprint density at radius 3 is 2.37 bits per heavy atom. The van der Waals surface area contributed by atoms with Gasteiger partial charge < -0.3 is 20.9 Å². The molecule has 0 amide bonds. The molecule has 0 saturated carbocycles. The number of aliphatic carboxylic acids is 1. The van der Waals surface area contributed by atoms with Crippen LogP contribution in [0.25, 0.3) is 22.0 Å². The number of para-hydroxylation sites is 1. The van der Waals surface area contributed by atoms with Crippen LogP contribution in [0.15, 0.2) is 36.4 Å². The third kappa shape index (κ3) is 7.73. The highest BCUT2D eigenvalue weighted by Gasteiger charge is 2.38. The highest BCUT2D eigenvalue weighted by Crippen LogP contribution is 2.36. The number of nitrogens with one attached hydrogen (secondary N) is 1. The molecule has 2 aromatic carbocycles. The van der Waals surface area contributed by atoms with E-state index in [4.69, 9.17) is 20.4 Å². The molecule has 0 fully saturated rings. The van der Waals surface area contributed by atoms with Gasteiger partial charge in [-0.1, -0.05) is 18.2 Å². The molecule has 3 rings (SSSR count). The van der Waals surface area contributed by atoms with E-state index in [1.807, 2.05) is 6.92 Å². The van der Waals surface area contributed by atoms with Crippen LogP contribution in [0, 0.1) is 5.82 Å². The Morgan fingerprint density at radius 1 is 1.20 bits per heavy atom. The van der Waals surface area contributed by atoms with E-state index in [1.165, 1.54) is 12.1 Å². The minimum absolute atomic E-state index is 0.0584. The molecular formula is C21H21F7N4O3. The molecule has 3 aromatic rings. The Balaban J connectivity index is 0.000000540. The number of ether oxygens (including phenoxy) is 1. The Kier molecular flexibility index (Phi) is 8.55. The Morgan fingerprint density at radius 2 is 1.83 bits per heavy atom. The van der Waals surface area contributed by atoms with Gasteiger partial charge in [-0.15, -0.1) is 0 Å². The summed E-state index contributed by atoms with van der Waals surface area (Å²) >= 11 is 0. The van der Waals surface area contributed by atoms with Crippen LogP contribution in [0.5, 0.6) is 5.75 Å². The number of carboxylic acids is 1. The van der Waals surface area contributed by atoms with Crippen molar-refractivity contribution >= 4 is 22.7 Å². The number of aryl methyl sites for hydroxylation is 1. The molecule has 4 N–H and O–H groups in total. The summed E-state index contributed by atoms with van der Waals surface area (Å²) in [5, 5.41) is 15.5. The summed E-state index contributed by atoms with van der Waals surface area (Å²) in [6.45, 7) is 0.829. The van der Waals surface area contributed by atoms with Crippen molar-refractivity contribution in [1.82, 2.24) is 9.78 Å². The molecule has 0 aliphatic heterocycles. The zero-order valence-electron chi connectivity index (χ0n) is 18.3. The lowest BCUT2D eigenvalue weighted by atomic mass is 10.0. The van der Waals surface area contributed by atoms with Gasteiger partial charge in [0, 0.05) is 30.6 Å². The second-order valence-corrected chi connectivity index (χ2v) is 7.39. The molecule has 35 heavy (non-hydrogen) atoms. The number of carboxylic acid groups (broad SMARTS) is 1. The van der Waals surface area contributed by atoms with Crippen molar-refractivity contribution in [2.75, 3.05) is 18.5 Å². The molecule has 1 heterocycles. The fraction of sp³-hybridized carbons (Fsp3) is 0.333.